The van der Waals surface area contributed by atoms with Crippen LogP contribution in [0, 0.1) is 11.7 Å². The van der Waals surface area contributed by atoms with E-state index in [2.05, 4.69) is 5.32 Å². The smallest absolute Gasteiger partial charge is 0.166 e. The normalized spacial score (nSPS) is 20.5. The maximum absolute atomic E-state index is 13.3. The zero-order valence-electron chi connectivity index (χ0n) is 8.50. The largest absolute Gasteiger partial charge is 0.316 e. The van der Waals surface area contributed by atoms with Crippen LogP contribution in [0.15, 0.2) is 24.3 Å². The highest BCUT2D eigenvalue weighted by Crippen LogP contribution is 2.17. The van der Waals surface area contributed by atoms with Gasteiger partial charge < -0.3 is 5.32 Å². The van der Waals surface area contributed by atoms with Crippen molar-refractivity contribution in [3.8, 4) is 0 Å². The summed E-state index contributed by atoms with van der Waals surface area (Å²) in [6.07, 6.45) is 1.47. The number of halogens is 1. The highest BCUT2D eigenvalue weighted by Gasteiger charge is 2.20. The van der Waals surface area contributed by atoms with E-state index in [4.69, 9.17) is 0 Å². The van der Waals surface area contributed by atoms with Gasteiger partial charge in [0.1, 0.15) is 5.82 Å². The lowest BCUT2D eigenvalue weighted by atomic mass is 9.97. The standard InChI is InChI=1S/C12H14FNO/c13-11-4-2-1-3-10(11)12(15)7-9-5-6-14-8-9/h1-4,9,14H,5-8H2. The summed E-state index contributed by atoms with van der Waals surface area (Å²) < 4.78 is 13.3. The number of hydrogen-bond donors (Lipinski definition) is 1. The Morgan fingerprint density at radius 2 is 2.27 bits per heavy atom. The molecule has 0 spiro atoms. The highest BCUT2D eigenvalue weighted by atomic mass is 19.1. The van der Waals surface area contributed by atoms with Gasteiger partial charge in [0.2, 0.25) is 0 Å². The Morgan fingerprint density at radius 1 is 1.47 bits per heavy atom. The first-order chi connectivity index (χ1) is 7.27. The van der Waals surface area contributed by atoms with Crippen LogP contribution in [0.3, 0.4) is 0 Å². The van der Waals surface area contributed by atoms with E-state index < -0.39 is 5.82 Å². The van der Waals surface area contributed by atoms with Crippen molar-refractivity contribution < 1.29 is 9.18 Å². The third kappa shape index (κ3) is 2.42. The molecule has 0 radical (unpaired) electrons. The molecule has 15 heavy (non-hydrogen) atoms. The van der Waals surface area contributed by atoms with E-state index in [1.807, 2.05) is 0 Å². The van der Waals surface area contributed by atoms with Gasteiger partial charge in [-0.15, -0.1) is 0 Å². The summed E-state index contributed by atoms with van der Waals surface area (Å²) in [6, 6.07) is 6.19. The Balaban J connectivity index is 2.04. The molecule has 0 saturated carbocycles. The Morgan fingerprint density at radius 3 is 2.93 bits per heavy atom. The molecular formula is C12H14FNO. The zero-order valence-corrected chi connectivity index (χ0v) is 8.50. The van der Waals surface area contributed by atoms with Crippen LogP contribution in [0.2, 0.25) is 0 Å². The van der Waals surface area contributed by atoms with Crippen molar-refractivity contribution in [2.24, 2.45) is 5.92 Å². The average molecular weight is 207 g/mol. The first-order valence-electron chi connectivity index (χ1n) is 5.26. The minimum Gasteiger partial charge on any atom is -0.316 e. The van der Waals surface area contributed by atoms with Gasteiger partial charge in [-0.1, -0.05) is 12.1 Å². The van der Waals surface area contributed by atoms with Crippen molar-refractivity contribution >= 4 is 5.78 Å². The Kier molecular flexibility index (Phi) is 3.11. The molecule has 2 nitrogen and oxygen atoms in total. The van der Waals surface area contributed by atoms with E-state index in [-0.39, 0.29) is 11.3 Å². The lowest BCUT2D eigenvalue weighted by Crippen LogP contribution is -2.13. The fraction of sp³-hybridized carbons (Fsp3) is 0.417. The second-order valence-corrected chi connectivity index (χ2v) is 3.97. The number of Topliss-reactive ketones (excluding diaryl/α,β-unsaturated/α-hetero) is 1. The lowest BCUT2D eigenvalue weighted by Gasteiger charge is -2.07. The van der Waals surface area contributed by atoms with E-state index in [0.717, 1.165) is 19.5 Å². The van der Waals surface area contributed by atoms with Crippen molar-refractivity contribution in [2.45, 2.75) is 12.8 Å². The SMILES string of the molecule is O=C(CC1CCNC1)c1ccccc1F. The minimum atomic E-state index is -0.409. The van der Waals surface area contributed by atoms with Gasteiger partial charge in [-0.3, -0.25) is 4.79 Å². The Hall–Kier alpha value is -1.22. The van der Waals surface area contributed by atoms with Gasteiger partial charge in [-0.25, -0.2) is 4.39 Å². The highest BCUT2D eigenvalue weighted by molar-refractivity contribution is 5.96. The quantitative estimate of drug-likeness (QED) is 0.768. The molecule has 1 aliphatic heterocycles. The summed E-state index contributed by atoms with van der Waals surface area (Å²) in [5.41, 5.74) is 0.226. The maximum Gasteiger partial charge on any atom is 0.166 e. The summed E-state index contributed by atoms with van der Waals surface area (Å²) in [5.74, 6) is -0.118. The van der Waals surface area contributed by atoms with Crippen LogP contribution in [0.5, 0.6) is 0 Å². The van der Waals surface area contributed by atoms with Gasteiger partial charge in [0.05, 0.1) is 5.56 Å². The number of benzene rings is 1. The number of ketones is 1. The van der Waals surface area contributed by atoms with E-state index in [1.54, 1.807) is 18.2 Å². The number of hydrogen-bond acceptors (Lipinski definition) is 2. The molecule has 80 valence electrons. The molecule has 0 aliphatic carbocycles. The van der Waals surface area contributed by atoms with Gasteiger partial charge in [-0.05, 0) is 37.6 Å². The molecule has 0 aromatic heterocycles. The van der Waals surface area contributed by atoms with E-state index in [9.17, 15) is 9.18 Å². The first kappa shape index (κ1) is 10.3. The first-order valence-corrected chi connectivity index (χ1v) is 5.26. The number of nitrogens with one attached hydrogen (secondary N) is 1. The summed E-state index contributed by atoms with van der Waals surface area (Å²) >= 11 is 0. The molecule has 0 amide bonds. The molecule has 0 bridgehead atoms. The molecule has 1 atom stereocenters. The van der Waals surface area contributed by atoms with E-state index in [0.29, 0.717) is 12.3 Å². The van der Waals surface area contributed by atoms with E-state index in [1.165, 1.54) is 6.07 Å². The van der Waals surface area contributed by atoms with Crippen LogP contribution in [-0.4, -0.2) is 18.9 Å². The molecule has 1 saturated heterocycles. The topological polar surface area (TPSA) is 29.1 Å². The number of rotatable bonds is 3. The molecular weight excluding hydrogens is 193 g/mol. The Bertz CT molecular complexity index is 358. The summed E-state index contributed by atoms with van der Waals surface area (Å²) in [7, 11) is 0. The number of carbonyl (C=O) groups excluding carboxylic acids is 1. The molecule has 1 heterocycles. The molecule has 1 N–H and O–H groups in total. The predicted molar refractivity (Wildman–Crippen MR) is 56.3 cm³/mol. The van der Waals surface area contributed by atoms with Gasteiger partial charge in [0, 0.05) is 6.42 Å². The van der Waals surface area contributed by atoms with Crippen LogP contribution in [0.1, 0.15) is 23.2 Å². The van der Waals surface area contributed by atoms with Crippen LogP contribution >= 0.6 is 0 Å². The second kappa shape index (κ2) is 4.53. The summed E-state index contributed by atoms with van der Waals surface area (Å²) in [4.78, 5) is 11.8. The van der Waals surface area contributed by atoms with Crippen molar-refractivity contribution in [3.63, 3.8) is 0 Å². The summed E-state index contributed by atoms with van der Waals surface area (Å²) in [6.45, 7) is 1.84. The molecule has 2 rings (SSSR count). The third-order valence-electron chi connectivity index (χ3n) is 2.81. The second-order valence-electron chi connectivity index (χ2n) is 3.97. The predicted octanol–water partition coefficient (Wildman–Crippen LogP) is 2.01. The maximum atomic E-state index is 13.3. The monoisotopic (exact) mass is 207 g/mol. The van der Waals surface area contributed by atoms with Crippen LogP contribution in [-0.2, 0) is 0 Å². The fourth-order valence-electron chi connectivity index (χ4n) is 1.95. The third-order valence-corrected chi connectivity index (χ3v) is 2.81. The molecule has 3 heteroatoms. The molecule has 1 aromatic rings. The van der Waals surface area contributed by atoms with Crippen molar-refractivity contribution in [1.29, 1.82) is 0 Å². The molecule has 1 unspecified atom stereocenters. The summed E-state index contributed by atoms with van der Waals surface area (Å²) in [5, 5.41) is 3.20. The van der Waals surface area contributed by atoms with Gasteiger partial charge in [0.25, 0.3) is 0 Å². The minimum absolute atomic E-state index is 0.0817. The Labute approximate surface area is 88.5 Å². The lowest BCUT2D eigenvalue weighted by molar-refractivity contribution is 0.0960. The molecule has 1 aromatic carbocycles. The van der Waals surface area contributed by atoms with Crippen molar-refractivity contribution in [3.05, 3.63) is 35.6 Å². The van der Waals surface area contributed by atoms with Crippen molar-refractivity contribution in [2.75, 3.05) is 13.1 Å². The van der Waals surface area contributed by atoms with Crippen molar-refractivity contribution in [1.82, 2.24) is 5.32 Å². The molecule has 1 aliphatic rings. The molecule has 1 fully saturated rings. The average Bonchev–Trinajstić information content (AvgIpc) is 2.71. The number of carbonyl (C=O) groups is 1. The van der Waals surface area contributed by atoms with Gasteiger partial charge >= 0.3 is 0 Å². The van der Waals surface area contributed by atoms with Crippen LogP contribution < -0.4 is 5.32 Å². The van der Waals surface area contributed by atoms with Gasteiger partial charge in [-0.2, -0.15) is 0 Å². The van der Waals surface area contributed by atoms with E-state index >= 15 is 0 Å². The van der Waals surface area contributed by atoms with Crippen LogP contribution in [0.25, 0.3) is 0 Å². The zero-order chi connectivity index (χ0) is 10.7. The fourth-order valence-corrected chi connectivity index (χ4v) is 1.95. The van der Waals surface area contributed by atoms with Gasteiger partial charge in [0.15, 0.2) is 5.78 Å². The van der Waals surface area contributed by atoms with Crippen LogP contribution in [0.4, 0.5) is 4.39 Å².